The summed E-state index contributed by atoms with van der Waals surface area (Å²) in [7, 11) is -3.25. The summed E-state index contributed by atoms with van der Waals surface area (Å²) in [5.41, 5.74) is 0.888. The van der Waals surface area contributed by atoms with Crippen molar-refractivity contribution in [3.8, 4) is 0 Å². The summed E-state index contributed by atoms with van der Waals surface area (Å²) in [6, 6.07) is 9.54. The second-order valence-corrected chi connectivity index (χ2v) is 5.25. The molecule has 1 aliphatic carbocycles. The molecule has 1 aliphatic rings. The third-order valence-corrected chi connectivity index (χ3v) is 3.30. The van der Waals surface area contributed by atoms with Crippen LogP contribution in [0.3, 0.4) is 0 Å². The SMILES string of the molecule is O=S(=O)(/C=C/c1ccccc1)NC1CC1. The maximum absolute atomic E-state index is 11.5. The van der Waals surface area contributed by atoms with Crippen molar-refractivity contribution >= 4 is 16.1 Å². The molecule has 0 amide bonds. The molecule has 2 rings (SSSR count). The number of rotatable bonds is 4. The van der Waals surface area contributed by atoms with E-state index in [9.17, 15) is 8.42 Å². The van der Waals surface area contributed by atoms with Crippen LogP contribution in [0.15, 0.2) is 35.7 Å². The lowest BCUT2D eigenvalue weighted by molar-refractivity contribution is 0.590. The van der Waals surface area contributed by atoms with Crippen molar-refractivity contribution in [1.29, 1.82) is 0 Å². The normalized spacial score (nSPS) is 17.1. The van der Waals surface area contributed by atoms with Crippen LogP contribution < -0.4 is 4.72 Å². The molecule has 15 heavy (non-hydrogen) atoms. The molecule has 1 saturated carbocycles. The molecule has 1 aromatic rings. The van der Waals surface area contributed by atoms with E-state index < -0.39 is 10.0 Å². The van der Waals surface area contributed by atoms with Crippen LogP contribution in [-0.4, -0.2) is 14.5 Å². The molecule has 0 aromatic heterocycles. The maximum Gasteiger partial charge on any atom is 0.233 e. The Morgan fingerprint density at radius 2 is 1.87 bits per heavy atom. The van der Waals surface area contributed by atoms with Crippen LogP contribution in [-0.2, 0) is 10.0 Å². The fraction of sp³-hybridized carbons (Fsp3) is 0.273. The van der Waals surface area contributed by atoms with Crippen LogP contribution in [0.1, 0.15) is 18.4 Å². The highest BCUT2D eigenvalue weighted by molar-refractivity contribution is 7.92. The summed E-state index contributed by atoms with van der Waals surface area (Å²) in [4.78, 5) is 0. The van der Waals surface area contributed by atoms with E-state index in [0.717, 1.165) is 18.4 Å². The van der Waals surface area contributed by atoms with E-state index in [-0.39, 0.29) is 6.04 Å². The zero-order valence-corrected chi connectivity index (χ0v) is 9.07. The summed E-state index contributed by atoms with van der Waals surface area (Å²) in [5.74, 6) is 0. The standard InChI is InChI=1S/C11H13NO2S/c13-15(14,12-11-6-7-11)9-8-10-4-2-1-3-5-10/h1-5,8-9,11-12H,6-7H2/b9-8+. The number of nitrogens with one attached hydrogen (secondary N) is 1. The van der Waals surface area contributed by atoms with Gasteiger partial charge in [-0.2, -0.15) is 0 Å². The van der Waals surface area contributed by atoms with Crippen molar-refractivity contribution in [2.75, 3.05) is 0 Å². The lowest BCUT2D eigenvalue weighted by atomic mass is 10.2. The summed E-state index contributed by atoms with van der Waals surface area (Å²) < 4.78 is 25.5. The van der Waals surface area contributed by atoms with E-state index in [4.69, 9.17) is 0 Å². The van der Waals surface area contributed by atoms with E-state index in [0.29, 0.717) is 0 Å². The third kappa shape index (κ3) is 3.49. The predicted octanol–water partition coefficient (Wildman–Crippen LogP) is 1.74. The lowest BCUT2D eigenvalue weighted by Crippen LogP contribution is -2.23. The molecule has 0 aliphatic heterocycles. The molecule has 4 heteroatoms. The van der Waals surface area contributed by atoms with Crippen LogP contribution in [0.25, 0.3) is 6.08 Å². The van der Waals surface area contributed by atoms with Crippen LogP contribution in [0, 0.1) is 0 Å². The molecule has 0 atom stereocenters. The van der Waals surface area contributed by atoms with E-state index in [1.165, 1.54) is 5.41 Å². The van der Waals surface area contributed by atoms with Crippen LogP contribution in [0.5, 0.6) is 0 Å². The average Bonchev–Trinajstić information content (AvgIpc) is 3.00. The van der Waals surface area contributed by atoms with Crippen molar-refractivity contribution in [3.05, 3.63) is 41.3 Å². The predicted molar refractivity (Wildman–Crippen MR) is 60.6 cm³/mol. The first-order valence-electron chi connectivity index (χ1n) is 4.91. The Morgan fingerprint density at radius 1 is 1.20 bits per heavy atom. The van der Waals surface area contributed by atoms with Gasteiger partial charge in [-0.1, -0.05) is 30.3 Å². The molecule has 1 N–H and O–H groups in total. The Bertz CT molecular complexity index is 447. The van der Waals surface area contributed by atoms with E-state index in [2.05, 4.69) is 4.72 Å². The Kier molecular flexibility index (Phi) is 2.88. The minimum Gasteiger partial charge on any atom is -0.209 e. The minimum atomic E-state index is -3.25. The molecule has 0 spiro atoms. The zero-order valence-electron chi connectivity index (χ0n) is 8.26. The van der Waals surface area contributed by atoms with Gasteiger partial charge in [0.05, 0.1) is 0 Å². The smallest absolute Gasteiger partial charge is 0.209 e. The van der Waals surface area contributed by atoms with Gasteiger partial charge >= 0.3 is 0 Å². The zero-order chi connectivity index (χ0) is 10.7. The highest BCUT2D eigenvalue weighted by Crippen LogP contribution is 2.20. The summed E-state index contributed by atoms with van der Waals surface area (Å²) in [6.07, 6.45) is 3.52. The number of benzene rings is 1. The van der Waals surface area contributed by atoms with Crippen molar-refractivity contribution in [2.24, 2.45) is 0 Å². The van der Waals surface area contributed by atoms with Crippen LogP contribution in [0.2, 0.25) is 0 Å². The molecule has 0 bridgehead atoms. The Labute approximate surface area is 89.9 Å². The molecule has 1 aromatic carbocycles. The molecule has 0 unspecified atom stereocenters. The number of hydrogen-bond acceptors (Lipinski definition) is 2. The van der Waals surface area contributed by atoms with Gasteiger partial charge in [-0.3, -0.25) is 0 Å². The van der Waals surface area contributed by atoms with Gasteiger partial charge in [-0.25, -0.2) is 13.1 Å². The maximum atomic E-state index is 11.5. The molecule has 3 nitrogen and oxygen atoms in total. The molecule has 0 heterocycles. The Morgan fingerprint density at radius 3 is 2.47 bits per heavy atom. The monoisotopic (exact) mass is 223 g/mol. The summed E-state index contributed by atoms with van der Waals surface area (Å²) >= 11 is 0. The third-order valence-electron chi connectivity index (χ3n) is 2.15. The van der Waals surface area contributed by atoms with Gasteiger partial charge in [0, 0.05) is 11.4 Å². The molecule has 0 radical (unpaired) electrons. The second kappa shape index (κ2) is 4.16. The van der Waals surface area contributed by atoms with Gasteiger partial charge in [0.1, 0.15) is 0 Å². The Hall–Kier alpha value is -1.13. The van der Waals surface area contributed by atoms with Crippen LogP contribution >= 0.6 is 0 Å². The van der Waals surface area contributed by atoms with E-state index in [1.807, 2.05) is 30.3 Å². The first-order valence-corrected chi connectivity index (χ1v) is 6.46. The Balaban J connectivity index is 2.04. The lowest BCUT2D eigenvalue weighted by Gasteiger charge is -1.98. The van der Waals surface area contributed by atoms with Crippen molar-refractivity contribution in [3.63, 3.8) is 0 Å². The fourth-order valence-corrected chi connectivity index (χ4v) is 2.32. The fourth-order valence-electron chi connectivity index (χ4n) is 1.21. The summed E-state index contributed by atoms with van der Waals surface area (Å²) in [6.45, 7) is 0. The van der Waals surface area contributed by atoms with Gasteiger partial charge in [-0.05, 0) is 24.5 Å². The van der Waals surface area contributed by atoms with Crippen molar-refractivity contribution in [2.45, 2.75) is 18.9 Å². The van der Waals surface area contributed by atoms with Gasteiger partial charge < -0.3 is 0 Å². The van der Waals surface area contributed by atoms with Gasteiger partial charge in [0.15, 0.2) is 0 Å². The molecule has 80 valence electrons. The van der Waals surface area contributed by atoms with Gasteiger partial charge in [0.2, 0.25) is 10.0 Å². The largest absolute Gasteiger partial charge is 0.233 e. The minimum absolute atomic E-state index is 0.162. The molecule has 1 fully saturated rings. The quantitative estimate of drug-likeness (QED) is 0.845. The van der Waals surface area contributed by atoms with Crippen molar-refractivity contribution in [1.82, 2.24) is 4.72 Å². The molecular formula is C11H13NO2S. The van der Waals surface area contributed by atoms with E-state index in [1.54, 1.807) is 6.08 Å². The van der Waals surface area contributed by atoms with Crippen molar-refractivity contribution < 1.29 is 8.42 Å². The van der Waals surface area contributed by atoms with Gasteiger partial charge in [-0.15, -0.1) is 0 Å². The number of sulfonamides is 1. The highest BCUT2D eigenvalue weighted by Gasteiger charge is 2.25. The topological polar surface area (TPSA) is 46.2 Å². The number of hydrogen-bond donors (Lipinski definition) is 1. The molecular weight excluding hydrogens is 210 g/mol. The average molecular weight is 223 g/mol. The summed E-state index contributed by atoms with van der Waals surface area (Å²) in [5, 5.41) is 1.22. The highest BCUT2D eigenvalue weighted by atomic mass is 32.2. The van der Waals surface area contributed by atoms with Crippen LogP contribution in [0.4, 0.5) is 0 Å². The first kappa shape index (κ1) is 10.4. The second-order valence-electron chi connectivity index (χ2n) is 3.65. The van der Waals surface area contributed by atoms with Gasteiger partial charge in [0.25, 0.3) is 0 Å². The first-order chi connectivity index (χ1) is 7.16. The molecule has 0 saturated heterocycles. The van der Waals surface area contributed by atoms with E-state index >= 15 is 0 Å².